The van der Waals surface area contributed by atoms with Crippen LogP contribution in [0.25, 0.3) is 11.0 Å². The molecule has 2 aliphatic rings. The highest BCUT2D eigenvalue weighted by atomic mass is 32.2. The molecule has 3 aromatic rings. The van der Waals surface area contributed by atoms with Crippen molar-refractivity contribution in [1.29, 1.82) is 0 Å². The standard InChI is InChI=1S/C22H24N2O2S2/c25-22(24-12-9-16(14-24)23-10-3-4-11-23)21-18(15-28-20-8-5-13-27-20)17-6-1-2-7-19(17)26-21/h1-2,5-8,13,16H,3-4,9-12,14-15H2. The number of likely N-dealkylation sites (tertiary alicyclic amines) is 2. The van der Waals surface area contributed by atoms with E-state index in [1.165, 1.54) is 30.1 Å². The fourth-order valence-electron chi connectivity index (χ4n) is 4.38. The van der Waals surface area contributed by atoms with Crippen molar-refractivity contribution in [3.8, 4) is 0 Å². The number of thiophene rings is 1. The van der Waals surface area contributed by atoms with Gasteiger partial charge in [-0.3, -0.25) is 9.69 Å². The molecule has 146 valence electrons. The summed E-state index contributed by atoms with van der Waals surface area (Å²) in [5.74, 6) is 1.34. The fraction of sp³-hybridized carbons (Fsp3) is 0.409. The average Bonchev–Trinajstić information content (AvgIpc) is 3.52. The Hall–Kier alpha value is -1.76. The lowest BCUT2D eigenvalue weighted by Crippen LogP contribution is -2.37. The molecule has 0 aliphatic carbocycles. The van der Waals surface area contributed by atoms with E-state index in [2.05, 4.69) is 28.5 Å². The molecular formula is C22H24N2O2S2. The van der Waals surface area contributed by atoms with Crippen molar-refractivity contribution in [2.24, 2.45) is 0 Å². The van der Waals surface area contributed by atoms with E-state index in [9.17, 15) is 4.79 Å². The van der Waals surface area contributed by atoms with Gasteiger partial charge in [0.05, 0.1) is 4.21 Å². The number of furan rings is 1. The van der Waals surface area contributed by atoms with E-state index in [0.717, 1.165) is 41.8 Å². The topological polar surface area (TPSA) is 36.7 Å². The maximum Gasteiger partial charge on any atom is 0.289 e. The molecule has 0 radical (unpaired) electrons. The van der Waals surface area contributed by atoms with Gasteiger partial charge < -0.3 is 9.32 Å². The minimum atomic E-state index is 0.0553. The van der Waals surface area contributed by atoms with Crippen LogP contribution in [0.4, 0.5) is 0 Å². The van der Waals surface area contributed by atoms with Gasteiger partial charge in [-0.15, -0.1) is 23.1 Å². The smallest absolute Gasteiger partial charge is 0.289 e. The number of amides is 1. The molecular weight excluding hydrogens is 388 g/mol. The number of thioether (sulfide) groups is 1. The normalized spacial score (nSPS) is 20.4. The van der Waals surface area contributed by atoms with E-state index < -0.39 is 0 Å². The van der Waals surface area contributed by atoms with Gasteiger partial charge in [0.2, 0.25) is 0 Å². The summed E-state index contributed by atoms with van der Waals surface area (Å²) in [4.78, 5) is 17.9. The molecule has 1 aromatic carbocycles. The minimum Gasteiger partial charge on any atom is -0.451 e. The monoisotopic (exact) mass is 412 g/mol. The van der Waals surface area contributed by atoms with Crippen LogP contribution in [0.5, 0.6) is 0 Å². The van der Waals surface area contributed by atoms with Gasteiger partial charge >= 0.3 is 0 Å². The van der Waals surface area contributed by atoms with Crippen LogP contribution in [-0.4, -0.2) is 47.9 Å². The van der Waals surface area contributed by atoms with Crippen molar-refractivity contribution in [2.75, 3.05) is 26.2 Å². The predicted molar refractivity (Wildman–Crippen MR) is 115 cm³/mol. The third-order valence-corrected chi connectivity index (χ3v) is 8.01. The van der Waals surface area contributed by atoms with E-state index in [0.29, 0.717) is 11.8 Å². The molecule has 6 heteroatoms. The first kappa shape index (κ1) is 18.3. The number of hydrogen-bond acceptors (Lipinski definition) is 5. The SMILES string of the molecule is O=C(c1oc2ccccc2c1CSc1cccs1)N1CCC(N2CCCC2)C1. The van der Waals surface area contributed by atoms with Crippen LogP contribution < -0.4 is 0 Å². The van der Waals surface area contributed by atoms with Crippen molar-refractivity contribution in [2.45, 2.75) is 35.3 Å². The molecule has 2 aliphatic heterocycles. The molecule has 5 rings (SSSR count). The summed E-state index contributed by atoms with van der Waals surface area (Å²) < 4.78 is 7.35. The molecule has 28 heavy (non-hydrogen) atoms. The Morgan fingerprint density at radius 1 is 1.14 bits per heavy atom. The van der Waals surface area contributed by atoms with Gasteiger partial charge in [0.1, 0.15) is 5.58 Å². The summed E-state index contributed by atoms with van der Waals surface area (Å²) in [6.45, 7) is 4.02. The van der Waals surface area contributed by atoms with Crippen molar-refractivity contribution >= 4 is 40.0 Å². The molecule has 4 heterocycles. The summed E-state index contributed by atoms with van der Waals surface area (Å²) in [5.41, 5.74) is 1.84. The van der Waals surface area contributed by atoms with Crippen LogP contribution in [0.2, 0.25) is 0 Å². The second kappa shape index (κ2) is 7.93. The Kier molecular flexibility index (Phi) is 5.18. The second-order valence-corrected chi connectivity index (χ2v) is 9.79. The summed E-state index contributed by atoms with van der Waals surface area (Å²) in [6.07, 6.45) is 3.65. The zero-order valence-electron chi connectivity index (χ0n) is 15.8. The van der Waals surface area contributed by atoms with E-state index in [1.54, 1.807) is 23.1 Å². The molecule has 1 atom stereocenters. The lowest BCUT2D eigenvalue weighted by atomic mass is 10.1. The van der Waals surface area contributed by atoms with Crippen LogP contribution in [0.1, 0.15) is 35.4 Å². The zero-order valence-corrected chi connectivity index (χ0v) is 17.4. The number of benzene rings is 1. The van der Waals surface area contributed by atoms with Gasteiger partial charge in [0.15, 0.2) is 5.76 Å². The molecule has 2 fully saturated rings. The second-order valence-electron chi connectivity index (χ2n) is 7.56. The predicted octanol–water partition coefficient (Wildman–Crippen LogP) is 5.10. The van der Waals surface area contributed by atoms with Gasteiger partial charge in [0, 0.05) is 35.8 Å². The highest BCUT2D eigenvalue weighted by Crippen LogP contribution is 2.35. The number of rotatable bonds is 5. The number of nitrogens with zero attached hydrogens (tertiary/aromatic N) is 2. The Bertz CT molecular complexity index is 960. The molecule has 2 aromatic heterocycles. The number of para-hydroxylation sites is 1. The van der Waals surface area contributed by atoms with Gasteiger partial charge in [-0.1, -0.05) is 24.3 Å². The van der Waals surface area contributed by atoms with Crippen LogP contribution in [0.3, 0.4) is 0 Å². The van der Waals surface area contributed by atoms with Gasteiger partial charge in [-0.05, 0) is 49.9 Å². The molecule has 1 amide bonds. The number of carbonyl (C=O) groups excluding carboxylic acids is 1. The fourth-order valence-corrected chi connectivity index (χ4v) is 6.19. The zero-order chi connectivity index (χ0) is 18.9. The van der Waals surface area contributed by atoms with Crippen molar-refractivity contribution in [3.63, 3.8) is 0 Å². The number of hydrogen-bond donors (Lipinski definition) is 0. The molecule has 0 bridgehead atoms. The summed E-state index contributed by atoms with van der Waals surface area (Å²) in [5, 5.41) is 3.15. The minimum absolute atomic E-state index is 0.0553. The van der Waals surface area contributed by atoms with Gasteiger partial charge in [0.25, 0.3) is 5.91 Å². The first-order valence-corrected chi connectivity index (χ1v) is 11.9. The molecule has 0 saturated carbocycles. The van der Waals surface area contributed by atoms with Crippen LogP contribution in [-0.2, 0) is 5.75 Å². The maximum atomic E-state index is 13.4. The number of carbonyl (C=O) groups is 1. The van der Waals surface area contributed by atoms with E-state index in [-0.39, 0.29) is 5.91 Å². The molecule has 2 saturated heterocycles. The molecule has 4 nitrogen and oxygen atoms in total. The quantitative estimate of drug-likeness (QED) is 0.547. The molecule has 0 spiro atoms. The Morgan fingerprint density at radius 3 is 2.82 bits per heavy atom. The highest BCUT2D eigenvalue weighted by Gasteiger charge is 2.34. The third-order valence-electron chi connectivity index (χ3n) is 5.85. The van der Waals surface area contributed by atoms with Crippen molar-refractivity contribution < 1.29 is 9.21 Å². The van der Waals surface area contributed by atoms with Crippen LogP contribution >= 0.6 is 23.1 Å². The third kappa shape index (κ3) is 3.49. The van der Waals surface area contributed by atoms with Gasteiger partial charge in [-0.25, -0.2) is 0 Å². The summed E-state index contributed by atoms with van der Waals surface area (Å²) in [6, 6.07) is 12.7. The van der Waals surface area contributed by atoms with E-state index in [4.69, 9.17) is 4.42 Å². The Balaban J connectivity index is 1.39. The Morgan fingerprint density at radius 2 is 2.00 bits per heavy atom. The van der Waals surface area contributed by atoms with Crippen molar-refractivity contribution in [3.05, 3.63) is 53.1 Å². The maximum absolute atomic E-state index is 13.4. The lowest BCUT2D eigenvalue weighted by Gasteiger charge is -2.23. The van der Waals surface area contributed by atoms with Crippen LogP contribution in [0, 0.1) is 0 Å². The van der Waals surface area contributed by atoms with Crippen molar-refractivity contribution in [1.82, 2.24) is 9.80 Å². The highest BCUT2D eigenvalue weighted by molar-refractivity contribution is 8.00. The Labute approximate surface area is 173 Å². The first-order valence-electron chi connectivity index (χ1n) is 9.99. The summed E-state index contributed by atoms with van der Waals surface area (Å²) in [7, 11) is 0. The average molecular weight is 413 g/mol. The first-order chi connectivity index (χ1) is 13.8. The van der Waals surface area contributed by atoms with Gasteiger partial charge in [-0.2, -0.15) is 0 Å². The molecule has 0 N–H and O–H groups in total. The number of fused-ring (bicyclic) bond motifs is 1. The van der Waals surface area contributed by atoms with E-state index in [1.807, 2.05) is 23.1 Å². The van der Waals surface area contributed by atoms with Crippen LogP contribution in [0.15, 0.2) is 50.4 Å². The lowest BCUT2D eigenvalue weighted by molar-refractivity contribution is 0.0750. The summed E-state index contributed by atoms with van der Waals surface area (Å²) >= 11 is 3.51. The largest absolute Gasteiger partial charge is 0.451 e. The van der Waals surface area contributed by atoms with E-state index >= 15 is 0 Å². The molecule has 1 unspecified atom stereocenters.